The molecule has 2 N–H and O–H groups in total. The van der Waals surface area contributed by atoms with Gasteiger partial charge in [-0.05, 0) is 38.0 Å². The summed E-state index contributed by atoms with van der Waals surface area (Å²) in [7, 11) is -3.28. The van der Waals surface area contributed by atoms with Crippen molar-refractivity contribution in [2.24, 2.45) is 0 Å². The summed E-state index contributed by atoms with van der Waals surface area (Å²) in [6, 6.07) is 9.13. The van der Waals surface area contributed by atoms with Gasteiger partial charge in [0.2, 0.25) is 5.95 Å². The Morgan fingerprint density at radius 3 is 2.18 bits per heavy atom. The number of aryl methyl sites for hydroxylation is 1. The van der Waals surface area contributed by atoms with Crippen molar-refractivity contribution in [3.8, 4) is 0 Å². The van der Waals surface area contributed by atoms with Crippen molar-refractivity contribution in [3.05, 3.63) is 47.8 Å². The van der Waals surface area contributed by atoms with E-state index in [1.165, 1.54) is 0 Å². The van der Waals surface area contributed by atoms with Gasteiger partial charge in [0.25, 0.3) is 0 Å². The highest BCUT2D eigenvalue weighted by atomic mass is 32.2. The third kappa shape index (κ3) is 6.20. The summed E-state index contributed by atoms with van der Waals surface area (Å²) in [5, 5.41) is 10.1. The molecule has 12 heteroatoms. The summed E-state index contributed by atoms with van der Waals surface area (Å²) < 4.78 is 57.5. The van der Waals surface area contributed by atoms with Crippen molar-refractivity contribution in [1.29, 1.82) is 0 Å². The largest absolute Gasteiger partial charge is 0.490 e. The van der Waals surface area contributed by atoms with Crippen molar-refractivity contribution in [3.63, 3.8) is 0 Å². The number of piperidine rings is 1. The van der Waals surface area contributed by atoms with Crippen molar-refractivity contribution in [2.45, 2.75) is 42.0 Å². The Bertz CT molecular complexity index is 1070. The smallest absolute Gasteiger partial charge is 0.475 e. The van der Waals surface area contributed by atoms with Crippen LogP contribution in [0.3, 0.4) is 0 Å². The van der Waals surface area contributed by atoms with Crippen LogP contribution in [0, 0.1) is 6.92 Å². The Kier molecular flexibility index (Phi) is 7.58. The van der Waals surface area contributed by atoms with Crippen LogP contribution in [0.2, 0.25) is 0 Å². The number of nitrogens with one attached hydrogen (secondary N) is 1. The molecule has 2 aromatic rings. The molecule has 0 aliphatic carbocycles. The lowest BCUT2D eigenvalue weighted by Crippen LogP contribution is -2.42. The minimum absolute atomic E-state index is 0.333. The van der Waals surface area contributed by atoms with Gasteiger partial charge in [-0.1, -0.05) is 17.7 Å². The second kappa shape index (κ2) is 10.0. The molecular weight excluding hydrogens is 461 g/mol. The lowest BCUT2D eigenvalue weighted by atomic mass is 9.99. The number of anilines is 1. The minimum Gasteiger partial charge on any atom is -0.475 e. The predicted octanol–water partition coefficient (Wildman–Crippen LogP) is 2.55. The molecule has 180 valence electrons. The van der Waals surface area contributed by atoms with Crippen LogP contribution in [0.15, 0.2) is 41.4 Å². The predicted molar refractivity (Wildman–Crippen MR) is 115 cm³/mol. The van der Waals surface area contributed by atoms with Crippen molar-refractivity contribution < 1.29 is 31.5 Å². The molecule has 0 spiro atoms. The summed E-state index contributed by atoms with van der Waals surface area (Å²) in [5.74, 6) is -1.57. The van der Waals surface area contributed by atoms with Crippen LogP contribution in [-0.4, -0.2) is 67.1 Å². The molecule has 2 fully saturated rings. The highest BCUT2D eigenvalue weighted by molar-refractivity contribution is 7.92. The first-order valence-electron chi connectivity index (χ1n) is 10.4. The number of alkyl halides is 3. The first kappa shape index (κ1) is 24.9. The van der Waals surface area contributed by atoms with Crippen LogP contribution in [0.25, 0.3) is 0 Å². The maximum absolute atomic E-state index is 12.9. The average molecular weight is 487 g/mol. The van der Waals surface area contributed by atoms with Crippen LogP contribution in [0.4, 0.5) is 19.1 Å². The average Bonchev–Trinajstić information content (AvgIpc) is 2.73. The number of nitrogens with zero attached hydrogens (tertiary/aromatic N) is 3. The number of carboxylic acids is 1. The van der Waals surface area contributed by atoms with Gasteiger partial charge < -0.3 is 15.3 Å². The summed E-state index contributed by atoms with van der Waals surface area (Å²) in [5.41, 5.74) is 2.14. The summed E-state index contributed by atoms with van der Waals surface area (Å²) in [4.78, 5) is 20.5. The molecule has 0 bridgehead atoms. The Labute approximate surface area is 189 Å². The van der Waals surface area contributed by atoms with E-state index in [1.54, 1.807) is 12.1 Å². The molecule has 0 amide bonds. The summed E-state index contributed by atoms with van der Waals surface area (Å²) >= 11 is 0. The van der Waals surface area contributed by atoms with E-state index in [9.17, 15) is 21.6 Å². The highest BCUT2D eigenvalue weighted by Gasteiger charge is 2.38. The van der Waals surface area contributed by atoms with Crippen LogP contribution >= 0.6 is 0 Å². The van der Waals surface area contributed by atoms with Gasteiger partial charge in [0.05, 0.1) is 15.8 Å². The van der Waals surface area contributed by atoms with E-state index in [-0.39, 0.29) is 5.25 Å². The zero-order valence-corrected chi connectivity index (χ0v) is 18.7. The second-order valence-corrected chi connectivity index (χ2v) is 10.2. The maximum Gasteiger partial charge on any atom is 0.490 e. The maximum atomic E-state index is 12.9. The molecule has 2 saturated heterocycles. The Balaban J connectivity index is 0.000000383. The van der Waals surface area contributed by atoms with Crippen LogP contribution < -0.4 is 10.2 Å². The lowest BCUT2D eigenvalue weighted by molar-refractivity contribution is -0.192. The van der Waals surface area contributed by atoms with Gasteiger partial charge in [-0.15, -0.1) is 0 Å². The molecule has 0 radical (unpaired) electrons. The van der Waals surface area contributed by atoms with Crippen LogP contribution in [0.1, 0.15) is 30.0 Å². The van der Waals surface area contributed by atoms with Gasteiger partial charge in [-0.3, -0.25) is 0 Å². The fourth-order valence-electron chi connectivity index (χ4n) is 3.53. The van der Waals surface area contributed by atoms with Crippen LogP contribution in [0.5, 0.6) is 0 Å². The number of aliphatic carboxylic acids is 1. The standard InChI is InChI=1S/C19H24N4O2S.C2HF3O2/c1-14-2-4-16(5-3-14)26(24,25)17-7-10-23(11-8-17)19-21-9-6-18(22-19)15-12-20-13-15;3-2(4,5)1(6)7/h2-6,9,15,17,20H,7-8,10-13H2,1H3;(H,6,7). The highest BCUT2D eigenvalue weighted by Crippen LogP contribution is 2.27. The number of carboxylic acid groups (broad SMARTS) is 1. The molecule has 0 unspecified atom stereocenters. The third-order valence-electron chi connectivity index (χ3n) is 5.62. The van der Waals surface area contributed by atoms with Gasteiger partial charge in [-0.2, -0.15) is 13.2 Å². The number of hydrogen-bond acceptors (Lipinski definition) is 7. The fraction of sp³-hybridized carbons (Fsp3) is 0.476. The number of halogens is 3. The van der Waals surface area contributed by atoms with Gasteiger partial charge in [0, 0.05) is 38.3 Å². The Morgan fingerprint density at radius 1 is 1.12 bits per heavy atom. The molecule has 33 heavy (non-hydrogen) atoms. The zero-order valence-electron chi connectivity index (χ0n) is 17.9. The van der Waals surface area contributed by atoms with E-state index in [4.69, 9.17) is 14.9 Å². The van der Waals surface area contributed by atoms with E-state index >= 15 is 0 Å². The first-order chi connectivity index (χ1) is 15.5. The molecule has 1 aromatic carbocycles. The lowest BCUT2D eigenvalue weighted by Gasteiger charge is -2.32. The second-order valence-electron chi connectivity index (χ2n) is 7.98. The van der Waals surface area contributed by atoms with Crippen molar-refractivity contribution >= 4 is 21.8 Å². The molecule has 8 nitrogen and oxygen atoms in total. The number of sulfone groups is 1. The SMILES string of the molecule is Cc1ccc(S(=O)(=O)C2CCN(c3nccc(C4CNC4)n3)CC2)cc1.O=C(O)C(F)(F)F. The molecule has 3 heterocycles. The number of aromatic nitrogens is 2. The monoisotopic (exact) mass is 486 g/mol. The number of carbonyl (C=O) groups is 1. The van der Waals surface area contributed by atoms with E-state index in [0.717, 1.165) is 30.3 Å². The molecule has 2 aliphatic rings. The quantitative estimate of drug-likeness (QED) is 0.678. The molecule has 0 saturated carbocycles. The zero-order chi connectivity index (χ0) is 24.2. The third-order valence-corrected chi connectivity index (χ3v) is 7.90. The molecular formula is C21H25F3N4O4S. The van der Waals surface area contributed by atoms with Crippen molar-refractivity contribution in [2.75, 3.05) is 31.1 Å². The minimum atomic E-state index is -5.08. The van der Waals surface area contributed by atoms with Crippen LogP contribution in [-0.2, 0) is 14.6 Å². The molecule has 4 rings (SSSR count). The topological polar surface area (TPSA) is 112 Å². The first-order valence-corrected chi connectivity index (χ1v) is 11.9. The summed E-state index contributed by atoms with van der Waals surface area (Å²) in [6.07, 6.45) is -2.06. The van der Waals surface area contributed by atoms with E-state index in [0.29, 0.717) is 36.7 Å². The van der Waals surface area contributed by atoms with E-state index in [1.807, 2.05) is 31.3 Å². The van der Waals surface area contributed by atoms with E-state index < -0.39 is 22.0 Å². The van der Waals surface area contributed by atoms with E-state index in [2.05, 4.69) is 15.2 Å². The summed E-state index contributed by atoms with van der Waals surface area (Å²) in [6.45, 7) is 5.23. The van der Waals surface area contributed by atoms with Gasteiger partial charge >= 0.3 is 12.1 Å². The van der Waals surface area contributed by atoms with Gasteiger partial charge in [0.15, 0.2) is 9.84 Å². The Morgan fingerprint density at radius 2 is 1.70 bits per heavy atom. The normalized spacial score (nSPS) is 17.6. The number of hydrogen-bond donors (Lipinski definition) is 2. The van der Waals surface area contributed by atoms with Gasteiger partial charge in [0.1, 0.15) is 0 Å². The number of benzene rings is 1. The van der Waals surface area contributed by atoms with Crippen molar-refractivity contribution in [1.82, 2.24) is 15.3 Å². The molecule has 2 aliphatic heterocycles. The molecule has 0 atom stereocenters. The number of rotatable bonds is 4. The molecule has 1 aromatic heterocycles. The van der Waals surface area contributed by atoms with Gasteiger partial charge in [-0.25, -0.2) is 23.2 Å². The Hall–Kier alpha value is -2.73. The fourth-order valence-corrected chi connectivity index (χ4v) is 5.26.